The fourth-order valence-electron chi connectivity index (χ4n) is 2.56. The van der Waals surface area contributed by atoms with Crippen LogP contribution in [0, 0.1) is 11.8 Å². The van der Waals surface area contributed by atoms with Crippen LogP contribution in [-0.4, -0.2) is 17.6 Å². The highest BCUT2D eigenvalue weighted by atomic mass is 19.4. The Morgan fingerprint density at radius 1 is 1.32 bits per heavy atom. The van der Waals surface area contributed by atoms with Crippen molar-refractivity contribution in [2.24, 2.45) is 17.6 Å². The minimum atomic E-state index is -4.34. The maximum Gasteiger partial charge on any atom is 0.416 e. The van der Waals surface area contributed by atoms with Crippen LogP contribution in [-0.2, 0) is 17.4 Å². The number of aryl methyl sites for hydroxylation is 1. The third-order valence-electron chi connectivity index (χ3n) is 3.79. The summed E-state index contributed by atoms with van der Waals surface area (Å²) in [6, 6.07) is 5.57. The van der Waals surface area contributed by atoms with E-state index in [1.165, 1.54) is 12.1 Å². The van der Waals surface area contributed by atoms with E-state index < -0.39 is 23.6 Å². The second kappa shape index (κ2) is 8.17. The van der Waals surface area contributed by atoms with E-state index in [4.69, 9.17) is 10.8 Å². The molecule has 0 spiro atoms. The van der Waals surface area contributed by atoms with Gasteiger partial charge in [-0.25, -0.2) is 0 Å². The summed E-state index contributed by atoms with van der Waals surface area (Å²) in [7, 11) is 0. The molecule has 0 saturated heterocycles. The molecule has 0 unspecified atom stereocenters. The molecule has 3 nitrogen and oxygen atoms in total. The number of carbonyl (C=O) groups is 1. The van der Waals surface area contributed by atoms with E-state index in [9.17, 15) is 18.0 Å². The zero-order chi connectivity index (χ0) is 16.8. The quantitative estimate of drug-likeness (QED) is 0.768. The highest BCUT2D eigenvalue weighted by Crippen LogP contribution is 2.32. The van der Waals surface area contributed by atoms with Crippen molar-refractivity contribution in [3.8, 4) is 0 Å². The lowest BCUT2D eigenvalue weighted by Gasteiger charge is -2.17. The standard InChI is InChI=1S/C16H22F3NO2/c1-11(9-13(10-20)15(21)22)5-4-7-12-6-2-3-8-14(12)16(17,18)19/h2-3,6,8,11,13H,4-5,7,9-10,20H2,1H3,(H,21,22)/t11-,13-/m1/s1. The van der Waals surface area contributed by atoms with Crippen molar-refractivity contribution in [3.63, 3.8) is 0 Å². The minimum absolute atomic E-state index is 0.0799. The molecular formula is C16H22F3NO2. The summed E-state index contributed by atoms with van der Waals surface area (Å²) in [5.74, 6) is -1.39. The van der Waals surface area contributed by atoms with Crippen LogP contribution < -0.4 is 5.73 Å². The van der Waals surface area contributed by atoms with Gasteiger partial charge < -0.3 is 10.8 Å². The van der Waals surface area contributed by atoms with Gasteiger partial charge in [-0.15, -0.1) is 0 Å². The van der Waals surface area contributed by atoms with Crippen LogP contribution in [0.4, 0.5) is 13.2 Å². The molecule has 0 heterocycles. The number of alkyl halides is 3. The van der Waals surface area contributed by atoms with E-state index in [0.29, 0.717) is 25.7 Å². The first-order valence-electron chi connectivity index (χ1n) is 7.33. The van der Waals surface area contributed by atoms with Gasteiger partial charge in [0.05, 0.1) is 11.5 Å². The number of nitrogens with two attached hydrogens (primary N) is 1. The number of hydrogen-bond donors (Lipinski definition) is 2. The fourth-order valence-corrected chi connectivity index (χ4v) is 2.56. The summed E-state index contributed by atoms with van der Waals surface area (Å²) in [6.45, 7) is 1.98. The molecule has 3 N–H and O–H groups in total. The van der Waals surface area contributed by atoms with Gasteiger partial charge in [-0.1, -0.05) is 31.5 Å². The topological polar surface area (TPSA) is 63.3 Å². The Morgan fingerprint density at radius 2 is 1.95 bits per heavy atom. The predicted molar refractivity (Wildman–Crippen MR) is 78.3 cm³/mol. The molecule has 0 aliphatic carbocycles. The highest BCUT2D eigenvalue weighted by Gasteiger charge is 2.32. The van der Waals surface area contributed by atoms with Crippen molar-refractivity contribution in [2.45, 2.75) is 38.8 Å². The zero-order valence-electron chi connectivity index (χ0n) is 12.6. The molecule has 0 radical (unpaired) electrons. The van der Waals surface area contributed by atoms with Crippen LogP contribution in [0.15, 0.2) is 24.3 Å². The summed E-state index contributed by atoms with van der Waals surface area (Å²) >= 11 is 0. The van der Waals surface area contributed by atoms with Gasteiger partial charge in [-0.2, -0.15) is 13.2 Å². The van der Waals surface area contributed by atoms with Gasteiger partial charge in [-0.05, 0) is 36.8 Å². The third kappa shape index (κ3) is 5.67. The van der Waals surface area contributed by atoms with E-state index in [0.717, 1.165) is 6.07 Å². The van der Waals surface area contributed by atoms with Gasteiger partial charge in [-0.3, -0.25) is 4.79 Å². The molecular weight excluding hydrogens is 295 g/mol. The Bertz CT molecular complexity index is 489. The molecule has 6 heteroatoms. The molecule has 1 aromatic rings. The molecule has 0 fully saturated rings. The Labute approximate surface area is 128 Å². The van der Waals surface area contributed by atoms with E-state index in [1.54, 1.807) is 6.07 Å². The summed E-state index contributed by atoms with van der Waals surface area (Å²) in [4.78, 5) is 10.9. The van der Waals surface area contributed by atoms with Gasteiger partial charge in [0, 0.05) is 6.54 Å². The lowest BCUT2D eigenvalue weighted by molar-refractivity contribution is -0.142. The minimum Gasteiger partial charge on any atom is -0.481 e. The van der Waals surface area contributed by atoms with Crippen LogP contribution in [0.1, 0.15) is 37.3 Å². The van der Waals surface area contributed by atoms with E-state index >= 15 is 0 Å². The highest BCUT2D eigenvalue weighted by molar-refractivity contribution is 5.70. The van der Waals surface area contributed by atoms with Gasteiger partial charge in [0.25, 0.3) is 0 Å². The molecule has 0 aliphatic rings. The molecule has 0 aromatic heterocycles. The van der Waals surface area contributed by atoms with Crippen molar-refractivity contribution >= 4 is 5.97 Å². The summed E-state index contributed by atoms with van der Waals surface area (Å²) in [5, 5.41) is 8.95. The monoisotopic (exact) mass is 317 g/mol. The smallest absolute Gasteiger partial charge is 0.416 e. The van der Waals surface area contributed by atoms with Crippen molar-refractivity contribution in [1.29, 1.82) is 0 Å². The summed E-state index contributed by atoms with van der Waals surface area (Å²) < 4.78 is 38.6. The summed E-state index contributed by atoms with van der Waals surface area (Å²) in [5.41, 5.74) is 5.10. The van der Waals surface area contributed by atoms with E-state index in [-0.39, 0.29) is 18.0 Å². The Kier molecular flexibility index (Phi) is 6.87. The van der Waals surface area contributed by atoms with Crippen molar-refractivity contribution in [2.75, 3.05) is 6.54 Å². The van der Waals surface area contributed by atoms with Crippen molar-refractivity contribution in [3.05, 3.63) is 35.4 Å². The van der Waals surface area contributed by atoms with Gasteiger partial charge in [0.15, 0.2) is 0 Å². The molecule has 0 saturated carbocycles. The second-order valence-electron chi connectivity index (χ2n) is 5.66. The number of hydrogen-bond acceptors (Lipinski definition) is 2. The molecule has 124 valence electrons. The lowest BCUT2D eigenvalue weighted by atomic mass is 9.90. The van der Waals surface area contributed by atoms with Crippen molar-refractivity contribution < 1.29 is 23.1 Å². The number of aliphatic carboxylic acids is 1. The Hall–Kier alpha value is -1.56. The molecule has 2 atom stereocenters. The third-order valence-corrected chi connectivity index (χ3v) is 3.79. The predicted octanol–water partition coefficient (Wildman–Crippen LogP) is 3.71. The SMILES string of the molecule is C[C@H](CCCc1ccccc1C(F)(F)F)C[C@H](CN)C(=O)O. The summed E-state index contributed by atoms with van der Waals surface area (Å²) in [6.07, 6.45) is -2.29. The average Bonchev–Trinajstić information content (AvgIpc) is 2.44. The number of halogens is 3. The Morgan fingerprint density at radius 3 is 2.50 bits per heavy atom. The molecule has 0 aliphatic heterocycles. The van der Waals surface area contributed by atoms with Crippen LogP contribution in [0.5, 0.6) is 0 Å². The molecule has 1 aromatic carbocycles. The molecule has 1 rings (SSSR count). The first-order valence-corrected chi connectivity index (χ1v) is 7.33. The largest absolute Gasteiger partial charge is 0.481 e. The average molecular weight is 317 g/mol. The number of rotatable bonds is 8. The van der Waals surface area contributed by atoms with Crippen LogP contribution in [0.2, 0.25) is 0 Å². The first-order chi connectivity index (χ1) is 10.3. The first kappa shape index (κ1) is 18.5. The number of carboxylic acids is 1. The normalized spacial score (nSPS) is 14.6. The molecule has 0 amide bonds. The van der Waals surface area contributed by atoms with Gasteiger partial charge >= 0.3 is 12.1 Å². The maximum absolute atomic E-state index is 12.9. The lowest BCUT2D eigenvalue weighted by Crippen LogP contribution is -2.25. The Balaban J connectivity index is 2.53. The maximum atomic E-state index is 12.9. The fraction of sp³-hybridized carbons (Fsp3) is 0.562. The molecule has 22 heavy (non-hydrogen) atoms. The van der Waals surface area contributed by atoms with Crippen LogP contribution in [0.25, 0.3) is 0 Å². The number of carboxylic acid groups (broad SMARTS) is 1. The number of benzene rings is 1. The van der Waals surface area contributed by atoms with Gasteiger partial charge in [0.2, 0.25) is 0 Å². The van der Waals surface area contributed by atoms with Crippen LogP contribution in [0.3, 0.4) is 0 Å². The zero-order valence-corrected chi connectivity index (χ0v) is 12.6. The van der Waals surface area contributed by atoms with Gasteiger partial charge in [0.1, 0.15) is 0 Å². The second-order valence-corrected chi connectivity index (χ2v) is 5.66. The van der Waals surface area contributed by atoms with Crippen LogP contribution >= 0.6 is 0 Å². The van der Waals surface area contributed by atoms with E-state index in [1.807, 2.05) is 6.92 Å². The van der Waals surface area contributed by atoms with Crippen molar-refractivity contribution in [1.82, 2.24) is 0 Å². The molecule has 0 bridgehead atoms. The van der Waals surface area contributed by atoms with E-state index in [2.05, 4.69) is 0 Å².